The van der Waals surface area contributed by atoms with E-state index in [1.807, 2.05) is 18.2 Å². The van der Waals surface area contributed by atoms with Crippen LogP contribution in [0.2, 0.25) is 0 Å². The zero-order valence-electron chi connectivity index (χ0n) is 14.0. The maximum atomic E-state index is 12.6. The molecule has 1 aliphatic carbocycles. The van der Waals surface area contributed by atoms with Crippen LogP contribution in [0.4, 0.5) is 0 Å². The fourth-order valence-electron chi connectivity index (χ4n) is 3.45. The van der Waals surface area contributed by atoms with Crippen molar-refractivity contribution in [2.45, 2.75) is 45.6 Å². The molecule has 23 heavy (non-hydrogen) atoms. The first-order valence-electron chi connectivity index (χ1n) is 8.61. The SMILES string of the molecule is Cc1cccc(-c2cccc(C(=O)N[C@H]3CCCC[C@H]3C)c2)c1. The van der Waals surface area contributed by atoms with E-state index in [0.29, 0.717) is 12.0 Å². The molecular formula is C21H25NO. The van der Waals surface area contributed by atoms with Gasteiger partial charge in [0, 0.05) is 11.6 Å². The van der Waals surface area contributed by atoms with Crippen LogP contribution in [0.3, 0.4) is 0 Å². The molecule has 0 spiro atoms. The summed E-state index contributed by atoms with van der Waals surface area (Å²) in [6.07, 6.45) is 4.83. The smallest absolute Gasteiger partial charge is 0.251 e. The van der Waals surface area contributed by atoms with Gasteiger partial charge >= 0.3 is 0 Å². The Morgan fingerprint density at radius 2 is 1.70 bits per heavy atom. The molecule has 1 aliphatic rings. The topological polar surface area (TPSA) is 29.1 Å². The Bertz CT molecular complexity index is 692. The molecule has 0 bridgehead atoms. The second kappa shape index (κ2) is 6.99. The molecule has 2 aromatic rings. The van der Waals surface area contributed by atoms with E-state index in [-0.39, 0.29) is 5.91 Å². The minimum Gasteiger partial charge on any atom is -0.349 e. The minimum absolute atomic E-state index is 0.0539. The lowest BCUT2D eigenvalue weighted by atomic mass is 9.86. The molecule has 0 unspecified atom stereocenters. The molecule has 1 fully saturated rings. The lowest BCUT2D eigenvalue weighted by Gasteiger charge is -2.29. The summed E-state index contributed by atoms with van der Waals surface area (Å²) in [4.78, 5) is 12.6. The maximum absolute atomic E-state index is 12.6. The molecule has 2 heteroatoms. The third-order valence-corrected chi connectivity index (χ3v) is 4.90. The maximum Gasteiger partial charge on any atom is 0.251 e. The van der Waals surface area contributed by atoms with Gasteiger partial charge in [0.15, 0.2) is 0 Å². The first-order valence-corrected chi connectivity index (χ1v) is 8.61. The number of carbonyl (C=O) groups is 1. The zero-order valence-corrected chi connectivity index (χ0v) is 14.0. The highest BCUT2D eigenvalue weighted by molar-refractivity contribution is 5.95. The van der Waals surface area contributed by atoms with Crippen LogP contribution < -0.4 is 5.32 Å². The molecule has 2 atom stereocenters. The summed E-state index contributed by atoms with van der Waals surface area (Å²) in [5.74, 6) is 0.630. The summed E-state index contributed by atoms with van der Waals surface area (Å²) in [6, 6.07) is 16.6. The van der Waals surface area contributed by atoms with Gasteiger partial charge in [-0.3, -0.25) is 4.79 Å². The molecule has 1 saturated carbocycles. The second-order valence-corrected chi connectivity index (χ2v) is 6.79. The number of carbonyl (C=O) groups excluding carboxylic acids is 1. The van der Waals surface area contributed by atoms with E-state index in [4.69, 9.17) is 0 Å². The number of benzene rings is 2. The molecule has 2 aromatic carbocycles. The molecule has 2 nitrogen and oxygen atoms in total. The van der Waals surface area contributed by atoms with Crippen molar-refractivity contribution in [2.75, 3.05) is 0 Å². The van der Waals surface area contributed by atoms with Gasteiger partial charge in [0.1, 0.15) is 0 Å². The summed E-state index contributed by atoms with van der Waals surface area (Å²) < 4.78 is 0. The van der Waals surface area contributed by atoms with Crippen molar-refractivity contribution in [3.63, 3.8) is 0 Å². The minimum atomic E-state index is 0.0539. The van der Waals surface area contributed by atoms with Gasteiger partial charge in [0.05, 0.1) is 0 Å². The summed E-state index contributed by atoms with van der Waals surface area (Å²) in [5, 5.41) is 3.24. The number of amides is 1. The van der Waals surface area contributed by atoms with E-state index >= 15 is 0 Å². The highest BCUT2D eigenvalue weighted by Gasteiger charge is 2.23. The largest absolute Gasteiger partial charge is 0.349 e. The van der Waals surface area contributed by atoms with Crippen LogP contribution in [0.1, 0.15) is 48.5 Å². The number of hydrogen-bond acceptors (Lipinski definition) is 1. The monoisotopic (exact) mass is 307 g/mol. The van der Waals surface area contributed by atoms with E-state index in [9.17, 15) is 4.79 Å². The summed E-state index contributed by atoms with van der Waals surface area (Å²) >= 11 is 0. The van der Waals surface area contributed by atoms with Gasteiger partial charge in [-0.25, -0.2) is 0 Å². The predicted octanol–water partition coefficient (Wildman–Crippen LogP) is 4.97. The number of aryl methyl sites for hydroxylation is 1. The quantitative estimate of drug-likeness (QED) is 0.852. The van der Waals surface area contributed by atoms with Crippen LogP contribution in [-0.2, 0) is 0 Å². The van der Waals surface area contributed by atoms with Crippen molar-refractivity contribution < 1.29 is 4.79 Å². The lowest BCUT2D eigenvalue weighted by molar-refractivity contribution is 0.0910. The Morgan fingerprint density at radius 1 is 1.00 bits per heavy atom. The van der Waals surface area contributed by atoms with Gasteiger partial charge in [-0.15, -0.1) is 0 Å². The Hall–Kier alpha value is -2.09. The van der Waals surface area contributed by atoms with Crippen molar-refractivity contribution in [3.05, 3.63) is 59.7 Å². The molecule has 0 saturated heterocycles. The second-order valence-electron chi connectivity index (χ2n) is 6.79. The fraction of sp³-hybridized carbons (Fsp3) is 0.381. The van der Waals surface area contributed by atoms with E-state index in [1.54, 1.807) is 0 Å². The van der Waals surface area contributed by atoms with E-state index in [0.717, 1.165) is 23.1 Å². The first-order chi connectivity index (χ1) is 11.1. The van der Waals surface area contributed by atoms with Gasteiger partial charge in [0.25, 0.3) is 5.91 Å². The van der Waals surface area contributed by atoms with Crippen LogP contribution in [0.15, 0.2) is 48.5 Å². The average Bonchev–Trinajstić information content (AvgIpc) is 2.57. The molecule has 1 amide bonds. The van der Waals surface area contributed by atoms with Gasteiger partial charge < -0.3 is 5.32 Å². The molecule has 1 N–H and O–H groups in total. The summed E-state index contributed by atoms with van der Waals surface area (Å²) in [6.45, 7) is 4.33. The number of rotatable bonds is 3. The van der Waals surface area contributed by atoms with Crippen LogP contribution in [0.25, 0.3) is 11.1 Å². The van der Waals surface area contributed by atoms with Crippen LogP contribution in [-0.4, -0.2) is 11.9 Å². The Balaban J connectivity index is 1.78. The van der Waals surface area contributed by atoms with Crippen molar-refractivity contribution in [1.82, 2.24) is 5.32 Å². The normalized spacial score (nSPS) is 21.0. The Kier molecular flexibility index (Phi) is 4.80. The summed E-state index contributed by atoms with van der Waals surface area (Å²) in [5.41, 5.74) is 4.24. The molecular weight excluding hydrogens is 282 g/mol. The molecule has 0 heterocycles. The summed E-state index contributed by atoms with van der Waals surface area (Å²) in [7, 11) is 0. The highest BCUT2D eigenvalue weighted by atomic mass is 16.1. The fourth-order valence-corrected chi connectivity index (χ4v) is 3.45. The van der Waals surface area contributed by atoms with Gasteiger partial charge in [-0.05, 0) is 48.9 Å². The standard InChI is InChI=1S/C21H25NO/c1-15-7-5-9-17(13-15)18-10-6-11-19(14-18)21(23)22-20-12-4-3-8-16(20)2/h5-7,9-11,13-14,16,20H,3-4,8,12H2,1-2H3,(H,22,23)/t16-,20+/m1/s1. The van der Waals surface area contributed by atoms with E-state index < -0.39 is 0 Å². The molecule has 3 rings (SSSR count). The highest BCUT2D eigenvalue weighted by Crippen LogP contribution is 2.25. The predicted molar refractivity (Wildman–Crippen MR) is 95.5 cm³/mol. The van der Waals surface area contributed by atoms with Gasteiger partial charge in [0.2, 0.25) is 0 Å². The Morgan fingerprint density at radius 3 is 2.43 bits per heavy atom. The van der Waals surface area contributed by atoms with Crippen LogP contribution in [0, 0.1) is 12.8 Å². The Labute approximate surface area is 138 Å². The van der Waals surface area contributed by atoms with Crippen molar-refractivity contribution in [3.8, 4) is 11.1 Å². The van der Waals surface area contributed by atoms with Crippen molar-refractivity contribution in [2.24, 2.45) is 5.92 Å². The van der Waals surface area contributed by atoms with Crippen LogP contribution in [0.5, 0.6) is 0 Å². The third kappa shape index (κ3) is 3.82. The molecule has 0 radical (unpaired) electrons. The lowest BCUT2D eigenvalue weighted by Crippen LogP contribution is -2.41. The molecule has 0 aliphatic heterocycles. The van der Waals surface area contributed by atoms with Crippen molar-refractivity contribution in [1.29, 1.82) is 0 Å². The van der Waals surface area contributed by atoms with E-state index in [1.165, 1.54) is 24.8 Å². The molecule has 120 valence electrons. The van der Waals surface area contributed by atoms with Crippen molar-refractivity contribution >= 4 is 5.91 Å². The zero-order chi connectivity index (χ0) is 16.2. The number of hydrogen-bond donors (Lipinski definition) is 1. The third-order valence-electron chi connectivity index (χ3n) is 4.90. The van der Waals surface area contributed by atoms with Gasteiger partial charge in [-0.2, -0.15) is 0 Å². The van der Waals surface area contributed by atoms with Crippen LogP contribution >= 0.6 is 0 Å². The first kappa shape index (κ1) is 15.8. The van der Waals surface area contributed by atoms with Gasteiger partial charge in [-0.1, -0.05) is 61.7 Å². The molecule has 0 aromatic heterocycles. The van der Waals surface area contributed by atoms with E-state index in [2.05, 4.69) is 49.5 Å². The average molecular weight is 307 g/mol. The number of nitrogens with one attached hydrogen (secondary N) is 1.